The van der Waals surface area contributed by atoms with E-state index in [-0.39, 0.29) is 22.4 Å². The number of benzene rings is 3. The maximum absolute atomic E-state index is 13.0. The van der Waals surface area contributed by atoms with Crippen molar-refractivity contribution in [2.24, 2.45) is 0 Å². The van der Waals surface area contributed by atoms with Gasteiger partial charge in [-0.1, -0.05) is 0 Å². The summed E-state index contributed by atoms with van der Waals surface area (Å²) in [5.41, 5.74) is -3.61. The molecule has 2 N–H and O–H groups in total. The summed E-state index contributed by atoms with van der Waals surface area (Å²) in [6, 6.07) is 11.6. The van der Waals surface area contributed by atoms with Crippen molar-refractivity contribution in [2.75, 3.05) is 23.8 Å². The summed E-state index contributed by atoms with van der Waals surface area (Å²) in [5.74, 6) is -0.480. The van der Waals surface area contributed by atoms with E-state index in [9.17, 15) is 39.6 Å². The molecule has 14 heteroatoms. The third kappa shape index (κ3) is 7.52. The maximum Gasteiger partial charge on any atom is 0.416 e. The van der Waals surface area contributed by atoms with Crippen LogP contribution in [0.2, 0.25) is 0 Å². The Morgan fingerprint density at radius 2 is 1.30 bits per heavy atom. The van der Waals surface area contributed by atoms with Gasteiger partial charge in [-0.25, -0.2) is 8.42 Å². The van der Waals surface area contributed by atoms with Gasteiger partial charge in [-0.05, 0) is 66.7 Å². The molecule has 0 aliphatic carbocycles. The molecule has 198 valence electrons. The summed E-state index contributed by atoms with van der Waals surface area (Å²) < 4.78 is 115. The zero-order chi connectivity index (χ0) is 27.4. The van der Waals surface area contributed by atoms with Crippen molar-refractivity contribution >= 4 is 27.3 Å². The van der Waals surface area contributed by atoms with E-state index in [0.29, 0.717) is 17.9 Å². The predicted molar refractivity (Wildman–Crippen MR) is 121 cm³/mol. The Morgan fingerprint density at radius 1 is 0.784 bits per heavy atom. The highest BCUT2D eigenvalue weighted by atomic mass is 32.2. The number of carbonyl (C=O) groups excluding carboxylic acids is 1. The number of sulfonamides is 1. The quantitative estimate of drug-likeness (QED) is 0.360. The van der Waals surface area contributed by atoms with Gasteiger partial charge in [-0.15, -0.1) is 0 Å². The van der Waals surface area contributed by atoms with Crippen LogP contribution < -0.4 is 19.5 Å². The van der Waals surface area contributed by atoms with Crippen LogP contribution in [0.4, 0.5) is 37.7 Å². The van der Waals surface area contributed by atoms with Crippen LogP contribution in [-0.2, 0) is 27.2 Å². The summed E-state index contributed by atoms with van der Waals surface area (Å²) in [5, 5.41) is 1.93. The molecule has 0 aliphatic rings. The maximum atomic E-state index is 13.0. The standard InChI is InChI=1S/C23H18F6N2O5S/c1-35-18-4-2-16(3-5-18)31-37(33,34)20-8-6-19(7-9-20)36-13-21(32)30-17-11-14(22(24,25)26)10-15(12-17)23(27,28)29/h2-12,31H,13H2,1H3,(H,30,32). The number of amides is 1. The Morgan fingerprint density at radius 3 is 1.78 bits per heavy atom. The molecule has 0 fully saturated rings. The number of halogens is 6. The van der Waals surface area contributed by atoms with Gasteiger partial charge in [0.2, 0.25) is 0 Å². The minimum Gasteiger partial charge on any atom is -0.497 e. The minimum atomic E-state index is -5.07. The number of hydrogen-bond donors (Lipinski definition) is 2. The molecule has 3 aromatic carbocycles. The minimum absolute atomic E-state index is 0.0265. The van der Waals surface area contributed by atoms with Gasteiger partial charge in [0.1, 0.15) is 11.5 Å². The lowest BCUT2D eigenvalue weighted by molar-refractivity contribution is -0.143. The van der Waals surface area contributed by atoms with Gasteiger partial charge in [0, 0.05) is 11.4 Å². The second kappa shape index (κ2) is 10.6. The molecular formula is C23H18F6N2O5S. The van der Waals surface area contributed by atoms with E-state index < -0.39 is 51.7 Å². The largest absolute Gasteiger partial charge is 0.497 e. The highest BCUT2D eigenvalue weighted by molar-refractivity contribution is 7.92. The molecule has 3 rings (SSSR count). The Kier molecular flexibility index (Phi) is 7.91. The number of ether oxygens (including phenoxy) is 2. The lowest BCUT2D eigenvalue weighted by Crippen LogP contribution is -2.21. The second-order valence-electron chi connectivity index (χ2n) is 7.44. The highest BCUT2D eigenvalue weighted by Gasteiger charge is 2.37. The van der Waals surface area contributed by atoms with E-state index in [1.807, 2.05) is 5.32 Å². The molecule has 0 spiro atoms. The van der Waals surface area contributed by atoms with Gasteiger partial charge in [0.05, 0.1) is 23.1 Å². The van der Waals surface area contributed by atoms with Crippen molar-refractivity contribution in [1.82, 2.24) is 0 Å². The first-order valence-electron chi connectivity index (χ1n) is 10.2. The molecule has 0 saturated heterocycles. The number of nitrogens with one attached hydrogen (secondary N) is 2. The first-order chi connectivity index (χ1) is 17.2. The van der Waals surface area contributed by atoms with Crippen LogP contribution >= 0.6 is 0 Å². The van der Waals surface area contributed by atoms with Gasteiger partial charge in [-0.3, -0.25) is 9.52 Å². The van der Waals surface area contributed by atoms with Crippen LogP contribution in [0.15, 0.2) is 71.6 Å². The molecule has 0 bridgehead atoms. The average molecular weight is 548 g/mol. The van der Waals surface area contributed by atoms with Gasteiger partial charge in [-0.2, -0.15) is 26.3 Å². The van der Waals surface area contributed by atoms with Crippen molar-refractivity contribution < 1.29 is 49.0 Å². The number of hydrogen-bond acceptors (Lipinski definition) is 5. The zero-order valence-corrected chi connectivity index (χ0v) is 19.6. The molecule has 7 nitrogen and oxygen atoms in total. The first kappa shape index (κ1) is 27.6. The average Bonchev–Trinajstić information content (AvgIpc) is 2.82. The van der Waals surface area contributed by atoms with Crippen LogP contribution in [0.3, 0.4) is 0 Å². The van der Waals surface area contributed by atoms with Crippen molar-refractivity contribution in [3.05, 3.63) is 77.9 Å². The molecule has 0 atom stereocenters. The molecule has 0 saturated carbocycles. The molecule has 1 amide bonds. The van der Waals surface area contributed by atoms with Crippen molar-refractivity contribution in [2.45, 2.75) is 17.2 Å². The molecule has 3 aromatic rings. The monoisotopic (exact) mass is 548 g/mol. The van der Waals surface area contributed by atoms with Gasteiger partial charge < -0.3 is 14.8 Å². The third-order valence-electron chi connectivity index (χ3n) is 4.72. The lowest BCUT2D eigenvalue weighted by atomic mass is 10.1. The number of methoxy groups -OCH3 is 1. The van der Waals surface area contributed by atoms with Gasteiger partial charge in [0.25, 0.3) is 15.9 Å². The van der Waals surface area contributed by atoms with Crippen molar-refractivity contribution in [1.29, 1.82) is 0 Å². The second-order valence-corrected chi connectivity index (χ2v) is 9.12. The van der Waals surface area contributed by atoms with Crippen LogP contribution in [0.1, 0.15) is 11.1 Å². The van der Waals surface area contributed by atoms with E-state index in [1.54, 1.807) is 12.1 Å². The number of alkyl halides is 6. The van der Waals surface area contributed by atoms with E-state index in [0.717, 1.165) is 0 Å². The molecule has 0 radical (unpaired) electrons. The van der Waals surface area contributed by atoms with Gasteiger partial charge >= 0.3 is 12.4 Å². The van der Waals surface area contributed by atoms with Crippen molar-refractivity contribution in [3.8, 4) is 11.5 Å². The zero-order valence-electron chi connectivity index (χ0n) is 18.8. The Hall–Kier alpha value is -3.94. The lowest BCUT2D eigenvalue weighted by Gasteiger charge is -2.15. The fourth-order valence-corrected chi connectivity index (χ4v) is 4.02. The van der Waals surface area contributed by atoms with E-state index in [2.05, 4.69) is 4.72 Å². The number of anilines is 2. The fourth-order valence-electron chi connectivity index (χ4n) is 2.96. The van der Waals surface area contributed by atoms with Gasteiger partial charge in [0.15, 0.2) is 6.61 Å². The summed E-state index contributed by atoms with van der Waals surface area (Å²) in [6.45, 7) is -0.770. The molecule has 0 aliphatic heterocycles. The summed E-state index contributed by atoms with van der Waals surface area (Å²) in [6.07, 6.45) is -10.1. The molecule has 0 aromatic heterocycles. The molecule has 37 heavy (non-hydrogen) atoms. The van der Waals surface area contributed by atoms with Crippen LogP contribution in [0.5, 0.6) is 11.5 Å². The topological polar surface area (TPSA) is 93.7 Å². The third-order valence-corrected chi connectivity index (χ3v) is 6.11. The number of carbonyl (C=O) groups is 1. The SMILES string of the molecule is COc1ccc(NS(=O)(=O)c2ccc(OCC(=O)Nc3cc(C(F)(F)F)cc(C(F)(F)F)c3)cc2)cc1. The summed E-state index contributed by atoms with van der Waals surface area (Å²) >= 11 is 0. The normalized spacial score (nSPS) is 12.1. The molecule has 0 heterocycles. The van der Waals surface area contributed by atoms with Crippen molar-refractivity contribution in [3.63, 3.8) is 0 Å². The smallest absolute Gasteiger partial charge is 0.416 e. The summed E-state index contributed by atoms with van der Waals surface area (Å²) in [4.78, 5) is 11.9. The molecule has 0 unspecified atom stereocenters. The van der Waals surface area contributed by atoms with E-state index in [1.165, 1.54) is 43.5 Å². The fraction of sp³-hybridized carbons (Fsp3) is 0.174. The Labute approximate surface area is 207 Å². The number of rotatable bonds is 8. The molecular weight excluding hydrogens is 530 g/mol. The van der Waals surface area contributed by atoms with Crippen LogP contribution in [0, 0.1) is 0 Å². The highest BCUT2D eigenvalue weighted by Crippen LogP contribution is 2.37. The van der Waals surface area contributed by atoms with Crippen LogP contribution in [-0.4, -0.2) is 28.0 Å². The van der Waals surface area contributed by atoms with E-state index >= 15 is 0 Å². The summed E-state index contributed by atoms with van der Waals surface area (Å²) in [7, 11) is -2.50. The Balaban J connectivity index is 1.64. The van der Waals surface area contributed by atoms with Crippen LogP contribution in [0.25, 0.3) is 0 Å². The first-order valence-corrected chi connectivity index (χ1v) is 11.6. The predicted octanol–water partition coefficient (Wildman–Crippen LogP) is 5.55. The Bertz CT molecular complexity index is 1320. The van der Waals surface area contributed by atoms with E-state index in [4.69, 9.17) is 9.47 Å².